The second kappa shape index (κ2) is 10.2. The number of ether oxygens (including phenoxy) is 1. The van der Waals surface area contributed by atoms with E-state index in [-0.39, 0.29) is 22.8 Å². The fourth-order valence-electron chi connectivity index (χ4n) is 5.18. The quantitative estimate of drug-likeness (QED) is 0.357. The summed E-state index contributed by atoms with van der Waals surface area (Å²) in [6.45, 7) is 7.76. The number of rotatable bonds is 11. The summed E-state index contributed by atoms with van der Waals surface area (Å²) in [4.78, 5) is 23.9. The first kappa shape index (κ1) is 31.7. The Morgan fingerprint density at radius 3 is 1.89 bits per heavy atom. The van der Waals surface area contributed by atoms with E-state index in [9.17, 15) is 9.59 Å². The van der Waals surface area contributed by atoms with E-state index in [1.165, 1.54) is 0 Å². The maximum Gasteiger partial charge on any atom is 0.251 e. The minimum absolute atomic E-state index is 0.00664. The maximum atomic E-state index is 12.8. The summed E-state index contributed by atoms with van der Waals surface area (Å²) in [7, 11) is 54.6. The SMILES string of the molecule is [B]C(Nc1ccc(C(=O)NC2C(C)(C)CC2(C)C)cc1)C([B])([B])C([B])([B])C([B])([B])C([B])([B])OCC(N)=O. The van der Waals surface area contributed by atoms with Crippen LogP contribution in [-0.2, 0) is 9.53 Å². The van der Waals surface area contributed by atoms with Gasteiger partial charge in [0.2, 0.25) is 5.91 Å². The molecule has 1 aliphatic carbocycles. The highest BCUT2D eigenvalue weighted by atomic mass is 16.5. The van der Waals surface area contributed by atoms with Gasteiger partial charge in [0.15, 0.2) is 0 Å². The molecule has 37 heavy (non-hydrogen) atoms. The number of primary amides is 1. The first-order valence-electron chi connectivity index (χ1n) is 11.7. The molecule has 4 N–H and O–H groups in total. The minimum Gasteiger partial charge on any atom is -0.392 e. The fourth-order valence-corrected chi connectivity index (χ4v) is 5.18. The number of nitrogens with two attached hydrogens (primary N) is 1. The van der Waals surface area contributed by atoms with Crippen LogP contribution in [0.25, 0.3) is 0 Å². The molecule has 1 unspecified atom stereocenters. The largest absolute Gasteiger partial charge is 0.392 e. The number of carbonyl (C=O) groups excluding carboxylic acids is 2. The predicted octanol–water partition coefficient (Wildman–Crippen LogP) is -1.00. The van der Waals surface area contributed by atoms with Crippen LogP contribution in [0, 0.1) is 10.8 Å². The van der Waals surface area contributed by atoms with Crippen LogP contribution in [0.5, 0.6) is 0 Å². The van der Waals surface area contributed by atoms with Gasteiger partial charge < -0.3 is 21.1 Å². The fraction of sp³-hybridized carbons (Fsp3) is 0.636. The third-order valence-electron chi connectivity index (χ3n) is 7.23. The molecular weight excluding hydrogens is 452 g/mol. The van der Waals surface area contributed by atoms with E-state index in [1.54, 1.807) is 24.3 Å². The van der Waals surface area contributed by atoms with Crippen LogP contribution in [0.15, 0.2) is 24.3 Å². The highest BCUT2D eigenvalue weighted by Gasteiger charge is 2.54. The van der Waals surface area contributed by atoms with E-state index < -0.39 is 39.5 Å². The van der Waals surface area contributed by atoms with Crippen molar-refractivity contribution in [3.63, 3.8) is 0 Å². The number of hydrogen-bond acceptors (Lipinski definition) is 4. The van der Waals surface area contributed by atoms with E-state index in [1.807, 2.05) is 0 Å². The van der Waals surface area contributed by atoms with Crippen LogP contribution in [0.3, 0.4) is 0 Å². The van der Waals surface area contributed by atoms with E-state index in [2.05, 4.69) is 38.3 Å². The van der Waals surface area contributed by atoms with E-state index in [0.717, 1.165) is 6.42 Å². The van der Waals surface area contributed by atoms with Crippen molar-refractivity contribution in [1.82, 2.24) is 5.32 Å². The third kappa shape index (κ3) is 6.07. The molecule has 1 fully saturated rings. The number of carbonyl (C=O) groups is 2. The number of nitrogens with one attached hydrogen (secondary N) is 2. The van der Waals surface area contributed by atoms with Crippen molar-refractivity contribution < 1.29 is 14.3 Å². The molecule has 2 rings (SSSR count). The lowest BCUT2D eigenvalue weighted by Crippen LogP contribution is -2.63. The molecule has 1 aromatic rings. The van der Waals surface area contributed by atoms with Gasteiger partial charge in [-0.2, -0.15) is 0 Å². The Balaban J connectivity index is 2.15. The molecule has 0 spiro atoms. The molecule has 6 nitrogen and oxygen atoms in total. The predicted molar refractivity (Wildman–Crippen MR) is 155 cm³/mol. The van der Waals surface area contributed by atoms with Crippen molar-refractivity contribution in [2.24, 2.45) is 16.6 Å². The molecular formula is C22H26B9N3O3. The summed E-state index contributed by atoms with van der Waals surface area (Å²) >= 11 is 0. The molecule has 0 heterocycles. The van der Waals surface area contributed by atoms with Crippen LogP contribution in [-0.4, -0.2) is 106 Å². The second-order valence-electron chi connectivity index (χ2n) is 11.5. The van der Waals surface area contributed by atoms with Gasteiger partial charge in [-0.25, -0.2) is 0 Å². The Hall–Kier alpha value is -1.50. The van der Waals surface area contributed by atoms with Gasteiger partial charge in [-0.3, -0.25) is 9.59 Å². The van der Waals surface area contributed by atoms with E-state index in [0.29, 0.717) is 11.3 Å². The van der Waals surface area contributed by atoms with E-state index >= 15 is 0 Å². The van der Waals surface area contributed by atoms with Crippen molar-refractivity contribution in [2.75, 3.05) is 11.9 Å². The lowest BCUT2D eigenvalue weighted by atomic mass is 9.11. The second-order valence-corrected chi connectivity index (χ2v) is 11.5. The van der Waals surface area contributed by atoms with Crippen molar-refractivity contribution in [2.45, 2.75) is 67.1 Å². The Labute approximate surface area is 233 Å². The zero-order chi connectivity index (χ0) is 28.8. The summed E-state index contributed by atoms with van der Waals surface area (Å²) in [6.07, 6.45) is 1.01. The molecule has 0 aromatic heterocycles. The lowest BCUT2D eigenvalue weighted by molar-refractivity contribution is -0.124. The zero-order valence-corrected chi connectivity index (χ0v) is 21.9. The molecule has 18 radical (unpaired) electrons. The Kier molecular flexibility index (Phi) is 8.78. The van der Waals surface area contributed by atoms with Gasteiger partial charge in [-0.15, -0.1) is 5.21 Å². The molecule has 0 saturated heterocycles. The van der Waals surface area contributed by atoms with Gasteiger partial charge in [0, 0.05) is 17.3 Å². The van der Waals surface area contributed by atoms with Gasteiger partial charge in [-0.1, -0.05) is 38.1 Å². The van der Waals surface area contributed by atoms with Crippen molar-refractivity contribution >= 4 is 88.1 Å². The van der Waals surface area contributed by atoms with Crippen molar-refractivity contribution in [3.05, 3.63) is 29.8 Å². The van der Waals surface area contributed by atoms with Gasteiger partial charge in [0.05, 0.1) is 70.6 Å². The smallest absolute Gasteiger partial charge is 0.251 e. The van der Waals surface area contributed by atoms with Crippen LogP contribution in [0.1, 0.15) is 44.5 Å². The topological polar surface area (TPSA) is 93.4 Å². The molecule has 1 aromatic carbocycles. The molecule has 15 heteroatoms. The highest BCUT2D eigenvalue weighted by Crippen LogP contribution is 2.61. The summed E-state index contributed by atoms with van der Waals surface area (Å²) < 4.78 is 5.00. The van der Waals surface area contributed by atoms with Crippen LogP contribution in [0.2, 0.25) is 15.6 Å². The van der Waals surface area contributed by atoms with Gasteiger partial charge >= 0.3 is 0 Å². The van der Waals surface area contributed by atoms with Crippen LogP contribution < -0.4 is 16.4 Å². The highest BCUT2D eigenvalue weighted by molar-refractivity contribution is 6.66. The maximum absolute atomic E-state index is 12.8. The Morgan fingerprint density at radius 2 is 1.46 bits per heavy atom. The van der Waals surface area contributed by atoms with Gasteiger partial charge in [0.1, 0.15) is 6.61 Å². The summed E-state index contributed by atoms with van der Waals surface area (Å²) in [5.74, 6) is -2.47. The molecule has 1 saturated carbocycles. The average Bonchev–Trinajstić information content (AvgIpc) is 2.75. The van der Waals surface area contributed by atoms with Gasteiger partial charge in [0.25, 0.3) is 5.91 Å². The monoisotopic (exact) mass is 479 g/mol. The number of amides is 2. The number of hydrogen-bond donors (Lipinski definition) is 3. The van der Waals surface area contributed by atoms with Crippen LogP contribution >= 0.6 is 0 Å². The number of benzene rings is 1. The summed E-state index contributed by atoms with van der Waals surface area (Å²) in [5, 5.41) is -3.79. The summed E-state index contributed by atoms with van der Waals surface area (Å²) in [5.41, 5.74) is 5.93. The first-order chi connectivity index (χ1) is 16.5. The van der Waals surface area contributed by atoms with Crippen molar-refractivity contribution in [3.8, 4) is 0 Å². The lowest BCUT2D eigenvalue weighted by Gasteiger charge is -2.64. The molecule has 1 atom stereocenters. The third-order valence-corrected chi connectivity index (χ3v) is 7.23. The Morgan fingerprint density at radius 1 is 0.973 bits per heavy atom. The van der Waals surface area contributed by atoms with Crippen LogP contribution in [0.4, 0.5) is 5.69 Å². The normalized spacial score (nSPS) is 18.8. The zero-order valence-electron chi connectivity index (χ0n) is 21.9. The van der Waals surface area contributed by atoms with Gasteiger partial charge in [-0.05, 0) is 52.9 Å². The first-order valence-corrected chi connectivity index (χ1v) is 11.7. The van der Waals surface area contributed by atoms with Crippen molar-refractivity contribution in [1.29, 1.82) is 0 Å². The summed E-state index contributed by atoms with van der Waals surface area (Å²) in [6, 6.07) is 6.44. The number of anilines is 1. The standard InChI is InChI=1S/C22H26B9N3O3/c1-17(2)10-18(3,4)15(17)34-14(36)11-5-7-12(8-6-11)33-16(23)19(24,25)20(26,27)21(28,29)22(30,31)37-9-13(32)35/h5-8,15-16,33H,9-10H2,1-4H3,(H2,32,35)(H,34,36). The molecule has 2 amide bonds. The van der Waals surface area contributed by atoms with E-state index in [4.69, 9.17) is 81.1 Å². The molecule has 1 aliphatic rings. The molecule has 174 valence electrons. The molecule has 0 bridgehead atoms. The minimum atomic E-state index is -2.52. The average molecular weight is 478 g/mol. The Bertz CT molecular complexity index is 1000. The molecule has 0 aliphatic heterocycles.